The molecule has 2 aliphatic rings. The van der Waals surface area contributed by atoms with Gasteiger partial charge >= 0.3 is 6.09 Å². The maximum atomic E-state index is 13.4. The monoisotopic (exact) mass is 456 g/mol. The minimum absolute atomic E-state index is 0.0246. The van der Waals surface area contributed by atoms with Crippen molar-refractivity contribution in [3.63, 3.8) is 0 Å². The lowest BCUT2D eigenvalue weighted by molar-refractivity contribution is -0.146. The van der Waals surface area contributed by atoms with Gasteiger partial charge in [-0.05, 0) is 51.0 Å². The Kier molecular flexibility index (Phi) is 8.74. The molecule has 8 heteroatoms. The van der Waals surface area contributed by atoms with Crippen molar-refractivity contribution in [2.45, 2.75) is 83.0 Å². The molecule has 0 radical (unpaired) electrons. The SMILES string of the molecule is CC(=O)CC(C=O)CC(=O)[C@@H]1CCCC2CCC[C@H](NC(=O)OCc3ccccc3)C(=O)N21. The number of rotatable bonds is 9. The number of hydrogen-bond acceptors (Lipinski definition) is 6. The van der Waals surface area contributed by atoms with Crippen molar-refractivity contribution in [1.82, 2.24) is 10.2 Å². The van der Waals surface area contributed by atoms with Gasteiger partial charge in [0.25, 0.3) is 0 Å². The molecular weight excluding hydrogens is 424 g/mol. The quantitative estimate of drug-likeness (QED) is 0.572. The average Bonchev–Trinajstić information content (AvgIpc) is 2.96. The number of benzene rings is 1. The van der Waals surface area contributed by atoms with Gasteiger partial charge in [0.2, 0.25) is 5.91 Å². The Morgan fingerprint density at radius 1 is 1.09 bits per heavy atom. The Balaban J connectivity index is 1.65. The number of piperidine rings is 1. The molecule has 0 aromatic heterocycles. The number of alkyl carbamates (subject to hydrolysis) is 1. The molecule has 1 aromatic rings. The Morgan fingerprint density at radius 2 is 1.79 bits per heavy atom. The molecule has 2 aliphatic heterocycles. The lowest BCUT2D eigenvalue weighted by Gasteiger charge is -2.41. The van der Waals surface area contributed by atoms with Gasteiger partial charge < -0.3 is 24.5 Å². The molecule has 1 N–H and O–H groups in total. The van der Waals surface area contributed by atoms with Gasteiger partial charge in [-0.3, -0.25) is 9.59 Å². The molecule has 2 heterocycles. The fourth-order valence-corrected chi connectivity index (χ4v) is 4.85. The van der Waals surface area contributed by atoms with Crippen LogP contribution in [0.25, 0.3) is 0 Å². The molecule has 178 valence electrons. The number of ketones is 2. The second kappa shape index (κ2) is 11.7. The molecule has 0 spiro atoms. The minimum atomic E-state index is -0.759. The number of carbonyl (C=O) groups excluding carboxylic acids is 5. The van der Waals surface area contributed by atoms with E-state index in [4.69, 9.17) is 4.74 Å². The summed E-state index contributed by atoms with van der Waals surface area (Å²) in [7, 11) is 0. The summed E-state index contributed by atoms with van der Waals surface area (Å²) in [6, 6.07) is 7.82. The molecule has 0 bridgehead atoms. The van der Waals surface area contributed by atoms with Crippen LogP contribution in [0.1, 0.15) is 63.9 Å². The van der Waals surface area contributed by atoms with Gasteiger partial charge in [-0.2, -0.15) is 0 Å². The number of fused-ring (bicyclic) bond motifs is 1. The van der Waals surface area contributed by atoms with Crippen molar-refractivity contribution in [2.24, 2.45) is 5.92 Å². The molecule has 0 saturated carbocycles. The van der Waals surface area contributed by atoms with Crippen LogP contribution in [0.4, 0.5) is 4.79 Å². The topological polar surface area (TPSA) is 110 Å². The van der Waals surface area contributed by atoms with E-state index < -0.39 is 24.1 Å². The predicted octanol–water partition coefficient (Wildman–Crippen LogP) is 2.97. The van der Waals surface area contributed by atoms with Crippen LogP contribution in [-0.4, -0.2) is 52.9 Å². The summed E-state index contributed by atoms with van der Waals surface area (Å²) in [6.07, 6.45) is 4.10. The van der Waals surface area contributed by atoms with Crippen molar-refractivity contribution in [1.29, 1.82) is 0 Å². The molecule has 0 aliphatic carbocycles. The van der Waals surface area contributed by atoms with Crippen molar-refractivity contribution in [3.05, 3.63) is 35.9 Å². The third-order valence-corrected chi connectivity index (χ3v) is 6.41. The van der Waals surface area contributed by atoms with Gasteiger partial charge in [-0.1, -0.05) is 30.3 Å². The van der Waals surface area contributed by atoms with E-state index in [-0.39, 0.29) is 43.0 Å². The summed E-state index contributed by atoms with van der Waals surface area (Å²) < 4.78 is 5.28. The third kappa shape index (κ3) is 6.73. The van der Waals surface area contributed by atoms with Gasteiger partial charge in [0.1, 0.15) is 24.7 Å². The standard InChI is InChI=1S/C25H32N2O6/c1-17(29)13-19(15-28)14-23(30)22-12-6-10-20-9-5-11-21(24(31)27(20)22)26-25(32)33-16-18-7-3-2-4-8-18/h2-4,7-8,15,19-22H,5-6,9-14,16H2,1H3,(H,26,32)/t19?,20?,21-,22-/m0/s1. The zero-order valence-corrected chi connectivity index (χ0v) is 19.0. The Hall–Kier alpha value is -3.03. The van der Waals surface area contributed by atoms with E-state index in [1.54, 1.807) is 4.90 Å². The highest BCUT2D eigenvalue weighted by molar-refractivity contribution is 5.94. The maximum absolute atomic E-state index is 13.4. The van der Waals surface area contributed by atoms with Crippen molar-refractivity contribution < 1.29 is 28.7 Å². The lowest BCUT2D eigenvalue weighted by Crippen LogP contribution is -2.57. The van der Waals surface area contributed by atoms with Crippen LogP contribution in [0.15, 0.2) is 30.3 Å². The summed E-state index contributed by atoms with van der Waals surface area (Å²) in [5, 5.41) is 2.68. The van der Waals surface area contributed by atoms with E-state index in [1.165, 1.54) is 6.92 Å². The number of nitrogens with zero attached hydrogens (tertiary/aromatic N) is 1. The molecule has 2 unspecified atom stereocenters. The van der Waals surface area contributed by atoms with Crippen molar-refractivity contribution >= 4 is 29.9 Å². The van der Waals surface area contributed by atoms with Gasteiger partial charge in [0.05, 0.1) is 6.04 Å². The van der Waals surface area contributed by atoms with Crippen LogP contribution in [0.2, 0.25) is 0 Å². The summed E-state index contributed by atoms with van der Waals surface area (Å²) in [5.74, 6) is -1.29. The van der Waals surface area contributed by atoms with Gasteiger partial charge in [0.15, 0.2) is 5.78 Å². The first-order valence-corrected chi connectivity index (χ1v) is 11.7. The highest BCUT2D eigenvalue weighted by atomic mass is 16.5. The number of nitrogens with one attached hydrogen (secondary N) is 1. The average molecular weight is 457 g/mol. The molecule has 3 rings (SSSR count). The Labute approximate surface area is 194 Å². The predicted molar refractivity (Wildman–Crippen MR) is 120 cm³/mol. The molecule has 8 nitrogen and oxygen atoms in total. The second-order valence-electron chi connectivity index (χ2n) is 9.01. The van der Waals surface area contributed by atoms with Crippen LogP contribution in [0.3, 0.4) is 0 Å². The molecule has 2 fully saturated rings. The Bertz CT molecular complexity index is 871. The largest absolute Gasteiger partial charge is 0.445 e. The zero-order chi connectivity index (χ0) is 23.8. The first-order valence-electron chi connectivity index (χ1n) is 11.7. The van der Waals surface area contributed by atoms with E-state index in [1.807, 2.05) is 30.3 Å². The smallest absolute Gasteiger partial charge is 0.408 e. The van der Waals surface area contributed by atoms with Crippen LogP contribution in [0.5, 0.6) is 0 Å². The van der Waals surface area contributed by atoms with E-state index in [0.717, 1.165) is 31.2 Å². The molecule has 2 amide bonds. The van der Waals surface area contributed by atoms with Crippen LogP contribution < -0.4 is 5.32 Å². The van der Waals surface area contributed by atoms with Crippen LogP contribution >= 0.6 is 0 Å². The van der Waals surface area contributed by atoms with Crippen molar-refractivity contribution in [3.8, 4) is 0 Å². The number of hydrogen-bond donors (Lipinski definition) is 1. The maximum Gasteiger partial charge on any atom is 0.408 e. The van der Waals surface area contributed by atoms with Crippen LogP contribution in [-0.2, 0) is 30.5 Å². The normalized spacial score (nSPS) is 23.6. The second-order valence-corrected chi connectivity index (χ2v) is 9.01. The molecular formula is C25H32N2O6. The molecule has 4 atom stereocenters. The lowest BCUT2D eigenvalue weighted by atomic mass is 9.87. The van der Waals surface area contributed by atoms with E-state index in [2.05, 4.69) is 5.32 Å². The van der Waals surface area contributed by atoms with Gasteiger partial charge in [0, 0.05) is 24.8 Å². The van der Waals surface area contributed by atoms with Crippen LogP contribution in [0, 0.1) is 5.92 Å². The summed E-state index contributed by atoms with van der Waals surface area (Å²) in [4.78, 5) is 63.2. The van der Waals surface area contributed by atoms with Gasteiger partial charge in [-0.15, -0.1) is 0 Å². The molecule has 33 heavy (non-hydrogen) atoms. The highest BCUT2D eigenvalue weighted by Gasteiger charge is 2.42. The number of amides is 2. The highest BCUT2D eigenvalue weighted by Crippen LogP contribution is 2.32. The number of carbonyl (C=O) groups is 5. The fourth-order valence-electron chi connectivity index (χ4n) is 4.85. The summed E-state index contributed by atoms with van der Waals surface area (Å²) in [5.41, 5.74) is 0.844. The molecule has 2 saturated heterocycles. The first kappa shape index (κ1) is 24.6. The van der Waals surface area contributed by atoms with E-state index >= 15 is 0 Å². The third-order valence-electron chi connectivity index (χ3n) is 6.41. The van der Waals surface area contributed by atoms with E-state index in [0.29, 0.717) is 19.1 Å². The zero-order valence-electron chi connectivity index (χ0n) is 19.0. The summed E-state index contributed by atoms with van der Waals surface area (Å²) in [6.45, 7) is 1.49. The van der Waals surface area contributed by atoms with E-state index in [9.17, 15) is 24.0 Å². The number of aldehydes is 1. The first-order chi connectivity index (χ1) is 15.9. The van der Waals surface area contributed by atoms with Gasteiger partial charge in [-0.25, -0.2) is 4.79 Å². The number of Topliss-reactive ketones (excluding diaryl/α,β-unsaturated/α-hetero) is 2. The number of ether oxygens (including phenoxy) is 1. The Morgan fingerprint density at radius 3 is 2.45 bits per heavy atom. The fraction of sp³-hybridized carbons (Fsp3) is 0.560. The summed E-state index contributed by atoms with van der Waals surface area (Å²) >= 11 is 0. The molecule has 1 aromatic carbocycles. The van der Waals surface area contributed by atoms with Crippen molar-refractivity contribution in [2.75, 3.05) is 0 Å². The minimum Gasteiger partial charge on any atom is -0.445 e.